The summed E-state index contributed by atoms with van der Waals surface area (Å²) >= 11 is 0. The molecule has 2 aromatic rings. The summed E-state index contributed by atoms with van der Waals surface area (Å²) in [6.45, 7) is 10.1. The first-order valence-corrected chi connectivity index (χ1v) is 7.60. The minimum atomic E-state index is 0.217. The predicted octanol–water partition coefficient (Wildman–Crippen LogP) is 4.34. The van der Waals surface area contributed by atoms with Crippen molar-refractivity contribution in [3.63, 3.8) is 0 Å². The Balaban J connectivity index is 2.12. The molecule has 2 rings (SSSR count). The van der Waals surface area contributed by atoms with Gasteiger partial charge in [0.25, 0.3) is 0 Å². The first kappa shape index (κ1) is 15.6. The Morgan fingerprint density at radius 2 is 1.71 bits per heavy atom. The zero-order chi connectivity index (χ0) is 15.2. The minimum Gasteiger partial charge on any atom is -0.491 e. The zero-order valence-corrected chi connectivity index (χ0v) is 13.4. The largest absolute Gasteiger partial charge is 0.491 e. The molecule has 112 valence electrons. The van der Waals surface area contributed by atoms with Crippen molar-refractivity contribution in [3.8, 4) is 5.75 Å². The predicted molar refractivity (Wildman–Crippen MR) is 89.0 cm³/mol. The maximum Gasteiger partial charge on any atom is 0.122 e. The van der Waals surface area contributed by atoms with Crippen LogP contribution >= 0.6 is 0 Å². The van der Waals surface area contributed by atoms with Crippen LogP contribution in [0.5, 0.6) is 5.75 Å². The normalized spacial score (nSPS) is 12.2. The second-order valence-electron chi connectivity index (χ2n) is 5.53. The van der Waals surface area contributed by atoms with Gasteiger partial charge in [-0.1, -0.05) is 43.3 Å². The van der Waals surface area contributed by atoms with Gasteiger partial charge in [-0.05, 0) is 55.6 Å². The quantitative estimate of drug-likeness (QED) is 0.851. The average molecular weight is 283 g/mol. The van der Waals surface area contributed by atoms with Crippen molar-refractivity contribution in [1.82, 2.24) is 5.32 Å². The van der Waals surface area contributed by atoms with E-state index in [0.29, 0.717) is 6.61 Å². The third kappa shape index (κ3) is 4.08. The van der Waals surface area contributed by atoms with E-state index in [0.717, 1.165) is 12.3 Å². The molecule has 0 bridgehead atoms. The van der Waals surface area contributed by atoms with Crippen LogP contribution in [-0.4, -0.2) is 13.2 Å². The lowest BCUT2D eigenvalue weighted by Gasteiger charge is -2.20. The lowest BCUT2D eigenvalue weighted by molar-refractivity contribution is 0.266. The standard InChI is InChI=1S/C19H25NO/c1-5-20-18(17-11-10-14(2)16(4)12-17)13-21-19-9-7-6-8-15(19)3/h6-12,18,20H,5,13H2,1-4H3. The number of likely N-dealkylation sites (N-methyl/N-ethyl adjacent to an activating group) is 1. The van der Waals surface area contributed by atoms with Crippen LogP contribution < -0.4 is 10.1 Å². The first-order valence-electron chi connectivity index (χ1n) is 7.60. The molecule has 0 radical (unpaired) electrons. The molecule has 21 heavy (non-hydrogen) atoms. The molecule has 0 heterocycles. The lowest BCUT2D eigenvalue weighted by atomic mass is 10.0. The molecule has 2 aromatic carbocycles. The molecule has 0 aromatic heterocycles. The lowest BCUT2D eigenvalue weighted by Crippen LogP contribution is -2.26. The fourth-order valence-electron chi connectivity index (χ4n) is 2.39. The Hall–Kier alpha value is -1.80. The summed E-state index contributed by atoms with van der Waals surface area (Å²) in [6.07, 6.45) is 0. The van der Waals surface area contributed by atoms with Gasteiger partial charge in [0, 0.05) is 0 Å². The number of para-hydroxylation sites is 1. The fraction of sp³-hybridized carbons (Fsp3) is 0.368. The Morgan fingerprint density at radius 1 is 0.952 bits per heavy atom. The summed E-state index contributed by atoms with van der Waals surface area (Å²) in [7, 11) is 0. The van der Waals surface area contributed by atoms with E-state index in [2.05, 4.69) is 57.3 Å². The summed E-state index contributed by atoms with van der Waals surface area (Å²) in [4.78, 5) is 0. The summed E-state index contributed by atoms with van der Waals surface area (Å²) in [5, 5.41) is 3.51. The Bertz CT molecular complexity index is 592. The molecule has 1 N–H and O–H groups in total. The van der Waals surface area contributed by atoms with Crippen molar-refractivity contribution < 1.29 is 4.74 Å². The number of rotatable bonds is 6. The topological polar surface area (TPSA) is 21.3 Å². The molecule has 0 amide bonds. The summed E-state index contributed by atoms with van der Waals surface area (Å²) < 4.78 is 6.01. The van der Waals surface area contributed by atoms with Gasteiger partial charge in [-0.15, -0.1) is 0 Å². The van der Waals surface area contributed by atoms with Crippen molar-refractivity contribution in [2.75, 3.05) is 13.2 Å². The molecule has 0 saturated carbocycles. The Labute approximate surface area is 128 Å². The maximum absolute atomic E-state index is 6.01. The monoisotopic (exact) mass is 283 g/mol. The molecule has 0 saturated heterocycles. The van der Waals surface area contributed by atoms with Crippen molar-refractivity contribution in [2.45, 2.75) is 33.7 Å². The van der Waals surface area contributed by atoms with Crippen LogP contribution in [0.3, 0.4) is 0 Å². The zero-order valence-electron chi connectivity index (χ0n) is 13.4. The van der Waals surface area contributed by atoms with E-state index in [9.17, 15) is 0 Å². The Kier molecular flexibility index (Phi) is 5.40. The van der Waals surface area contributed by atoms with Crippen molar-refractivity contribution in [2.24, 2.45) is 0 Å². The SMILES string of the molecule is CCNC(COc1ccccc1C)c1ccc(C)c(C)c1. The number of ether oxygens (including phenoxy) is 1. The van der Waals surface area contributed by atoms with Gasteiger partial charge < -0.3 is 10.1 Å². The molecule has 0 aliphatic carbocycles. The third-order valence-corrected chi connectivity index (χ3v) is 3.88. The highest BCUT2D eigenvalue weighted by Crippen LogP contribution is 2.21. The number of aryl methyl sites for hydroxylation is 3. The van der Waals surface area contributed by atoms with Gasteiger partial charge in [-0.3, -0.25) is 0 Å². The van der Waals surface area contributed by atoms with Gasteiger partial charge in [-0.25, -0.2) is 0 Å². The molecule has 1 atom stereocenters. The smallest absolute Gasteiger partial charge is 0.122 e. The fourth-order valence-corrected chi connectivity index (χ4v) is 2.39. The Morgan fingerprint density at radius 3 is 2.38 bits per heavy atom. The molecule has 0 aliphatic rings. The second kappa shape index (κ2) is 7.28. The second-order valence-corrected chi connectivity index (χ2v) is 5.53. The minimum absolute atomic E-state index is 0.217. The summed E-state index contributed by atoms with van der Waals surface area (Å²) in [5.41, 5.74) is 5.11. The van der Waals surface area contributed by atoms with Gasteiger partial charge >= 0.3 is 0 Å². The number of hydrogen-bond donors (Lipinski definition) is 1. The van der Waals surface area contributed by atoms with E-state index >= 15 is 0 Å². The van der Waals surface area contributed by atoms with Crippen LogP contribution in [0, 0.1) is 20.8 Å². The molecule has 0 fully saturated rings. The number of benzene rings is 2. The molecule has 0 spiro atoms. The molecule has 2 heteroatoms. The van der Waals surface area contributed by atoms with E-state index in [1.54, 1.807) is 0 Å². The van der Waals surface area contributed by atoms with E-state index < -0.39 is 0 Å². The molecular formula is C19H25NO. The van der Waals surface area contributed by atoms with Crippen LogP contribution in [0.25, 0.3) is 0 Å². The van der Waals surface area contributed by atoms with E-state index in [1.807, 2.05) is 18.2 Å². The van der Waals surface area contributed by atoms with E-state index in [1.165, 1.54) is 22.3 Å². The highest BCUT2D eigenvalue weighted by molar-refractivity contribution is 5.33. The van der Waals surface area contributed by atoms with Crippen LogP contribution in [0.2, 0.25) is 0 Å². The van der Waals surface area contributed by atoms with Crippen LogP contribution in [0.15, 0.2) is 42.5 Å². The summed E-state index contributed by atoms with van der Waals surface area (Å²) in [6, 6.07) is 15.0. The maximum atomic E-state index is 6.01. The van der Waals surface area contributed by atoms with Crippen LogP contribution in [0.1, 0.15) is 35.2 Å². The van der Waals surface area contributed by atoms with E-state index in [4.69, 9.17) is 4.74 Å². The van der Waals surface area contributed by atoms with Crippen molar-refractivity contribution >= 4 is 0 Å². The first-order chi connectivity index (χ1) is 10.1. The van der Waals surface area contributed by atoms with Gasteiger partial charge in [0.1, 0.15) is 12.4 Å². The van der Waals surface area contributed by atoms with Crippen molar-refractivity contribution in [3.05, 3.63) is 64.7 Å². The van der Waals surface area contributed by atoms with Gasteiger partial charge in [0.15, 0.2) is 0 Å². The van der Waals surface area contributed by atoms with E-state index in [-0.39, 0.29) is 6.04 Å². The average Bonchev–Trinajstić information content (AvgIpc) is 2.48. The highest BCUT2D eigenvalue weighted by Gasteiger charge is 2.12. The van der Waals surface area contributed by atoms with Crippen molar-refractivity contribution in [1.29, 1.82) is 0 Å². The third-order valence-electron chi connectivity index (χ3n) is 3.88. The van der Waals surface area contributed by atoms with Gasteiger partial charge in [0.05, 0.1) is 6.04 Å². The summed E-state index contributed by atoms with van der Waals surface area (Å²) in [5.74, 6) is 0.962. The van der Waals surface area contributed by atoms with Crippen LogP contribution in [0.4, 0.5) is 0 Å². The highest BCUT2D eigenvalue weighted by atomic mass is 16.5. The van der Waals surface area contributed by atoms with Gasteiger partial charge in [-0.2, -0.15) is 0 Å². The molecule has 0 aliphatic heterocycles. The van der Waals surface area contributed by atoms with Crippen LogP contribution in [-0.2, 0) is 0 Å². The van der Waals surface area contributed by atoms with Gasteiger partial charge in [0.2, 0.25) is 0 Å². The molecule has 2 nitrogen and oxygen atoms in total. The molecular weight excluding hydrogens is 258 g/mol. The number of nitrogens with one attached hydrogen (secondary N) is 1. The molecule has 1 unspecified atom stereocenters. The number of hydrogen-bond acceptors (Lipinski definition) is 2.